The lowest BCUT2D eigenvalue weighted by Gasteiger charge is -2.18. The van der Waals surface area contributed by atoms with Gasteiger partial charge in [0.1, 0.15) is 29.2 Å². The number of halogens is 3. The number of carbonyl (C=O) groups is 1. The van der Waals surface area contributed by atoms with Crippen LogP contribution in [-0.4, -0.2) is 11.1 Å². The highest BCUT2D eigenvalue weighted by Gasteiger charge is 2.39. The number of cyclic esters (lactones) is 1. The molecule has 1 N–H and O–H groups in total. The van der Waals surface area contributed by atoms with E-state index in [2.05, 4.69) is 22.1 Å². The van der Waals surface area contributed by atoms with E-state index >= 15 is 0 Å². The van der Waals surface area contributed by atoms with Gasteiger partial charge in [0.2, 0.25) is 0 Å². The van der Waals surface area contributed by atoms with Crippen molar-refractivity contribution in [3.8, 4) is 11.8 Å². The summed E-state index contributed by atoms with van der Waals surface area (Å²) in [7, 11) is 0. The Labute approximate surface area is 164 Å². The van der Waals surface area contributed by atoms with Crippen molar-refractivity contribution < 1.29 is 22.7 Å². The van der Waals surface area contributed by atoms with Crippen molar-refractivity contribution in [1.29, 1.82) is 0 Å². The topological polar surface area (TPSA) is 51.2 Å². The number of rotatable bonds is 2. The average Bonchev–Trinajstić information content (AvgIpc) is 3.11. The zero-order valence-corrected chi connectivity index (χ0v) is 14.8. The van der Waals surface area contributed by atoms with Crippen molar-refractivity contribution in [2.24, 2.45) is 0 Å². The molecule has 1 aromatic heterocycles. The Morgan fingerprint density at radius 1 is 0.931 bits per heavy atom. The van der Waals surface area contributed by atoms with E-state index in [9.17, 15) is 18.0 Å². The molecule has 3 aromatic rings. The van der Waals surface area contributed by atoms with Crippen LogP contribution in [-0.2, 0) is 4.74 Å². The summed E-state index contributed by atoms with van der Waals surface area (Å²) in [6.07, 6.45) is -1.14. The third kappa shape index (κ3) is 3.92. The van der Waals surface area contributed by atoms with Crippen LogP contribution >= 0.6 is 0 Å². The predicted octanol–water partition coefficient (Wildman–Crippen LogP) is 4.42. The smallest absolute Gasteiger partial charge is 0.408 e. The fraction of sp³-hybridized carbons (Fsp3) is 0.0909. The number of amides is 1. The predicted molar refractivity (Wildman–Crippen MR) is 98.1 cm³/mol. The summed E-state index contributed by atoms with van der Waals surface area (Å²) < 4.78 is 47.4. The van der Waals surface area contributed by atoms with Crippen molar-refractivity contribution in [3.63, 3.8) is 0 Å². The van der Waals surface area contributed by atoms with Gasteiger partial charge in [-0.3, -0.25) is 0 Å². The van der Waals surface area contributed by atoms with Crippen LogP contribution in [0, 0.1) is 29.3 Å². The minimum atomic E-state index is -1.25. The fourth-order valence-corrected chi connectivity index (χ4v) is 3.06. The second-order valence-electron chi connectivity index (χ2n) is 6.32. The van der Waals surface area contributed by atoms with Crippen molar-refractivity contribution in [1.82, 2.24) is 10.3 Å². The molecule has 1 fully saturated rings. The van der Waals surface area contributed by atoms with Crippen LogP contribution < -0.4 is 5.32 Å². The SMILES string of the molecule is O=C1NC(c2cc(C#Cc3ccccc3)ncc2F)C(c2cc(F)ccc2F)O1. The van der Waals surface area contributed by atoms with Crippen LogP contribution in [0.2, 0.25) is 0 Å². The minimum Gasteiger partial charge on any atom is -0.439 e. The molecule has 1 saturated heterocycles. The molecule has 1 amide bonds. The lowest BCUT2D eigenvalue weighted by Crippen LogP contribution is -2.21. The summed E-state index contributed by atoms with van der Waals surface area (Å²) in [5, 5.41) is 2.44. The number of carbonyl (C=O) groups excluding carboxylic acids is 1. The molecule has 0 bridgehead atoms. The molecule has 0 aliphatic carbocycles. The largest absolute Gasteiger partial charge is 0.439 e. The maximum Gasteiger partial charge on any atom is 0.408 e. The summed E-state index contributed by atoms with van der Waals surface area (Å²) in [4.78, 5) is 15.7. The van der Waals surface area contributed by atoms with Crippen molar-refractivity contribution in [2.75, 3.05) is 0 Å². The molecule has 2 heterocycles. The number of benzene rings is 2. The van der Waals surface area contributed by atoms with Crippen molar-refractivity contribution >= 4 is 6.09 Å². The number of nitrogens with one attached hydrogen (secondary N) is 1. The maximum absolute atomic E-state index is 14.5. The number of aromatic nitrogens is 1. The first-order chi connectivity index (χ1) is 14.0. The lowest BCUT2D eigenvalue weighted by atomic mass is 9.95. The van der Waals surface area contributed by atoms with Crippen LogP contribution in [0.3, 0.4) is 0 Å². The molecular formula is C22H13F3N2O2. The quantitative estimate of drug-likeness (QED) is 0.655. The number of ether oxygens (including phenoxy) is 1. The van der Waals surface area contributed by atoms with E-state index in [1.165, 1.54) is 6.07 Å². The molecule has 144 valence electrons. The van der Waals surface area contributed by atoms with Gasteiger partial charge in [-0.2, -0.15) is 0 Å². The molecule has 7 heteroatoms. The van der Waals surface area contributed by atoms with Crippen LogP contribution in [0.15, 0.2) is 60.8 Å². The van der Waals surface area contributed by atoms with E-state index in [1.807, 2.05) is 30.3 Å². The zero-order valence-electron chi connectivity index (χ0n) is 14.8. The summed E-state index contributed by atoms with van der Waals surface area (Å²) >= 11 is 0. The van der Waals surface area contributed by atoms with Gasteiger partial charge in [-0.15, -0.1) is 0 Å². The Morgan fingerprint density at radius 3 is 2.52 bits per heavy atom. The molecular weight excluding hydrogens is 381 g/mol. The van der Waals surface area contributed by atoms with Crippen LogP contribution in [0.4, 0.5) is 18.0 Å². The molecule has 1 aliphatic rings. The zero-order chi connectivity index (χ0) is 20.4. The van der Waals surface area contributed by atoms with E-state index in [-0.39, 0.29) is 16.8 Å². The van der Waals surface area contributed by atoms with Gasteiger partial charge in [0.25, 0.3) is 0 Å². The van der Waals surface area contributed by atoms with Crippen molar-refractivity contribution in [3.05, 3.63) is 101 Å². The van der Waals surface area contributed by atoms with E-state index in [1.54, 1.807) is 0 Å². The first kappa shape index (κ1) is 18.6. The molecule has 2 atom stereocenters. The monoisotopic (exact) mass is 394 g/mol. The van der Waals surface area contributed by atoms with Gasteiger partial charge >= 0.3 is 6.09 Å². The Bertz CT molecular complexity index is 1140. The molecule has 4 rings (SSSR count). The third-order valence-electron chi connectivity index (χ3n) is 4.40. The van der Waals surface area contributed by atoms with Gasteiger partial charge in [0.15, 0.2) is 6.10 Å². The van der Waals surface area contributed by atoms with Gasteiger partial charge in [-0.05, 0) is 42.3 Å². The number of pyridine rings is 1. The van der Waals surface area contributed by atoms with E-state index in [0.29, 0.717) is 0 Å². The Morgan fingerprint density at radius 2 is 1.72 bits per heavy atom. The molecule has 0 saturated carbocycles. The van der Waals surface area contributed by atoms with E-state index < -0.39 is 35.7 Å². The van der Waals surface area contributed by atoms with Gasteiger partial charge in [-0.25, -0.2) is 22.9 Å². The Kier molecular flexibility index (Phi) is 4.92. The maximum atomic E-state index is 14.5. The molecule has 29 heavy (non-hydrogen) atoms. The first-order valence-electron chi connectivity index (χ1n) is 8.66. The van der Waals surface area contributed by atoms with Crippen LogP contribution in [0.25, 0.3) is 0 Å². The highest BCUT2D eigenvalue weighted by atomic mass is 19.1. The van der Waals surface area contributed by atoms with Gasteiger partial charge in [0.05, 0.1) is 6.20 Å². The second-order valence-corrected chi connectivity index (χ2v) is 6.32. The molecule has 2 unspecified atom stereocenters. The van der Waals surface area contributed by atoms with Crippen LogP contribution in [0.5, 0.6) is 0 Å². The minimum absolute atomic E-state index is 0.0110. The average molecular weight is 394 g/mol. The molecule has 0 spiro atoms. The van der Waals surface area contributed by atoms with Crippen molar-refractivity contribution in [2.45, 2.75) is 12.1 Å². The number of hydrogen-bond donors (Lipinski definition) is 1. The highest BCUT2D eigenvalue weighted by Crippen LogP contribution is 2.38. The lowest BCUT2D eigenvalue weighted by molar-refractivity contribution is 0.129. The number of alkyl carbamates (subject to hydrolysis) is 1. The number of nitrogens with zero attached hydrogens (tertiary/aromatic N) is 1. The molecule has 2 aromatic carbocycles. The fourth-order valence-electron chi connectivity index (χ4n) is 3.06. The third-order valence-corrected chi connectivity index (χ3v) is 4.40. The normalized spacial score (nSPS) is 17.8. The summed E-state index contributed by atoms with van der Waals surface area (Å²) in [6.45, 7) is 0. The second kappa shape index (κ2) is 7.68. The highest BCUT2D eigenvalue weighted by molar-refractivity contribution is 5.71. The van der Waals surface area contributed by atoms with Gasteiger partial charge < -0.3 is 10.1 Å². The standard InChI is InChI=1S/C22H13F3N2O2/c23-14-7-9-18(24)17(10-14)21-20(27-22(28)29-21)16-11-15(26-12-19(16)25)8-6-13-4-2-1-3-5-13/h1-5,7,9-12,20-21H,(H,27,28). The summed E-state index contributed by atoms with van der Waals surface area (Å²) in [5.74, 6) is 3.53. The van der Waals surface area contributed by atoms with Gasteiger partial charge in [0, 0.05) is 16.7 Å². The van der Waals surface area contributed by atoms with Gasteiger partial charge in [-0.1, -0.05) is 24.1 Å². The summed E-state index contributed by atoms with van der Waals surface area (Å²) in [6, 6.07) is 12.2. The molecule has 4 nitrogen and oxygen atoms in total. The Balaban J connectivity index is 1.72. The summed E-state index contributed by atoms with van der Waals surface area (Å²) in [5.41, 5.74) is 0.820. The van der Waals surface area contributed by atoms with E-state index in [4.69, 9.17) is 4.74 Å². The van der Waals surface area contributed by atoms with Crippen LogP contribution in [0.1, 0.15) is 34.5 Å². The van der Waals surface area contributed by atoms with E-state index in [0.717, 1.165) is 30.0 Å². The molecule has 1 aliphatic heterocycles. The molecule has 0 radical (unpaired) electrons. The Hall–Kier alpha value is -3.79. The number of hydrogen-bond acceptors (Lipinski definition) is 3. The first-order valence-corrected chi connectivity index (χ1v) is 8.66.